The Balaban J connectivity index is 1.04. The number of ether oxygens (including phenoxy) is 1. The standard InChI is InChI=1S/C24H26N4O5/c29-21-5-1-3-17-7-9-19(27-23(17)21)15-25-32-13-11-31-12-14-33-26-16-20-10-8-18-4-2-6-22(30)24(18)28-20/h1-10,25-26,29-30H,11-16H2. The van der Waals surface area contributed by atoms with Crippen molar-refractivity contribution in [1.82, 2.24) is 20.9 Å². The molecular formula is C24H26N4O5. The van der Waals surface area contributed by atoms with Gasteiger partial charge in [-0.25, -0.2) is 9.97 Å². The quantitative estimate of drug-likeness (QED) is 0.191. The van der Waals surface area contributed by atoms with Crippen LogP contribution in [0.5, 0.6) is 11.5 Å². The number of nitrogens with zero attached hydrogens (tertiary/aromatic N) is 2. The number of phenolic OH excluding ortho intramolecular Hbond substituents is 2. The van der Waals surface area contributed by atoms with Crippen molar-refractivity contribution in [1.29, 1.82) is 0 Å². The van der Waals surface area contributed by atoms with Crippen molar-refractivity contribution in [2.24, 2.45) is 0 Å². The molecule has 0 spiro atoms. The maximum Gasteiger partial charge on any atom is 0.141 e. The zero-order chi connectivity index (χ0) is 22.9. The fourth-order valence-electron chi connectivity index (χ4n) is 3.24. The van der Waals surface area contributed by atoms with Crippen LogP contribution < -0.4 is 11.0 Å². The zero-order valence-corrected chi connectivity index (χ0v) is 18.0. The summed E-state index contributed by atoms with van der Waals surface area (Å²) in [7, 11) is 0. The molecule has 9 nitrogen and oxygen atoms in total. The van der Waals surface area contributed by atoms with E-state index in [1.807, 2.05) is 36.4 Å². The number of aromatic nitrogens is 2. The lowest BCUT2D eigenvalue weighted by Crippen LogP contribution is -2.21. The molecule has 0 amide bonds. The first kappa shape index (κ1) is 22.8. The average molecular weight is 450 g/mol. The van der Waals surface area contributed by atoms with Gasteiger partial charge in [0.15, 0.2) is 0 Å². The Labute approximate surface area is 190 Å². The van der Waals surface area contributed by atoms with E-state index in [2.05, 4.69) is 20.9 Å². The summed E-state index contributed by atoms with van der Waals surface area (Å²) in [5, 5.41) is 21.6. The van der Waals surface area contributed by atoms with Gasteiger partial charge in [0.05, 0.1) is 50.9 Å². The van der Waals surface area contributed by atoms with Gasteiger partial charge in [0.1, 0.15) is 22.5 Å². The molecule has 0 radical (unpaired) electrons. The lowest BCUT2D eigenvalue weighted by Gasteiger charge is -2.09. The summed E-state index contributed by atoms with van der Waals surface area (Å²) in [4.78, 5) is 19.6. The number of fused-ring (bicyclic) bond motifs is 2. The summed E-state index contributed by atoms with van der Waals surface area (Å²) in [6.07, 6.45) is 0. The molecule has 0 aliphatic rings. The van der Waals surface area contributed by atoms with Crippen molar-refractivity contribution in [2.45, 2.75) is 13.1 Å². The molecule has 172 valence electrons. The second-order valence-corrected chi connectivity index (χ2v) is 7.25. The lowest BCUT2D eigenvalue weighted by atomic mass is 10.2. The molecule has 0 aliphatic heterocycles. The second-order valence-electron chi connectivity index (χ2n) is 7.25. The van der Waals surface area contributed by atoms with Crippen LogP contribution in [-0.4, -0.2) is 46.6 Å². The molecule has 2 heterocycles. The van der Waals surface area contributed by atoms with Gasteiger partial charge in [-0.1, -0.05) is 36.4 Å². The Hall–Kier alpha value is -3.34. The van der Waals surface area contributed by atoms with E-state index in [0.29, 0.717) is 50.6 Å². The van der Waals surface area contributed by atoms with Crippen LogP contribution in [0.3, 0.4) is 0 Å². The van der Waals surface area contributed by atoms with Crippen molar-refractivity contribution < 1.29 is 24.6 Å². The summed E-state index contributed by atoms with van der Waals surface area (Å²) in [6.45, 7) is 2.39. The Morgan fingerprint density at radius 2 is 1.09 bits per heavy atom. The molecule has 2 aromatic carbocycles. The highest BCUT2D eigenvalue weighted by atomic mass is 16.7. The van der Waals surface area contributed by atoms with Crippen LogP contribution in [0.2, 0.25) is 0 Å². The van der Waals surface area contributed by atoms with Crippen molar-refractivity contribution in [3.8, 4) is 11.5 Å². The van der Waals surface area contributed by atoms with Gasteiger partial charge in [0.25, 0.3) is 0 Å². The van der Waals surface area contributed by atoms with Gasteiger partial charge in [0.2, 0.25) is 0 Å². The van der Waals surface area contributed by atoms with Gasteiger partial charge in [-0.3, -0.25) is 9.68 Å². The van der Waals surface area contributed by atoms with E-state index in [-0.39, 0.29) is 11.5 Å². The first-order chi connectivity index (χ1) is 16.2. The topological polar surface area (TPSA) is 118 Å². The smallest absolute Gasteiger partial charge is 0.141 e. The first-order valence-electron chi connectivity index (χ1n) is 10.6. The monoisotopic (exact) mass is 450 g/mol. The molecule has 0 fully saturated rings. The molecular weight excluding hydrogens is 424 g/mol. The molecule has 2 aromatic heterocycles. The van der Waals surface area contributed by atoms with Gasteiger partial charge in [-0.15, -0.1) is 0 Å². The summed E-state index contributed by atoms with van der Waals surface area (Å²) in [5.74, 6) is 0.321. The normalized spacial score (nSPS) is 11.4. The van der Waals surface area contributed by atoms with Crippen molar-refractivity contribution >= 4 is 21.8 Å². The van der Waals surface area contributed by atoms with Crippen LogP contribution in [0.4, 0.5) is 0 Å². The van der Waals surface area contributed by atoms with Gasteiger partial charge < -0.3 is 14.9 Å². The summed E-state index contributed by atoms with van der Waals surface area (Å²) < 4.78 is 5.46. The van der Waals surface area contributed by atoms with Crippen LogP contribution in [0.25, 0.3) is 21.8 Å². The number of phenols is 2. The molecule has 0 saturated carbocycles. The number of pyridine rings is 2. The summed E-state index contributed by atoms with van der Waals surface area (Å²) in [6, 6.07) is 18.2. The molecule has 33 heavy (non-hydrogen) atoms. The third-order valence-electron chi connectivity index (χ3n) is 4.88. The Morgan fingerprint density at radius 1 is 0.606 bits per heavy atom. The minimum Gasteiger partial charge on any atom is -0.506 e. The maximum absolute atomic E-state index is 9.89. The Bertz CT molecular complexity index is 1110. The molecule has 0 bridgehead atoms. The van der Waals surface area contributed by atoms with E-state index in [0.717, 1.165) is 22.2 Å². The number of hydrogen-bond acceptors (Lipinski definition) is 9. The van der Waals surface area contributed by atoms with Gasteiger partial charge in [-0.05, 0) is 24.3 Å². The Morgan fingerprint density at radius 3 is 1.58 bits per heavy atom. The van der Waals surface area contributed by atoms with E-state index in [1.54, 1.807) is 24.3 Å². The van der Waals surface area contributed by atoms with Crippen molar-refractivity contribution in [3.05, 3.63) is 72.1 Å². The number of hydrogen-bond donors (Lipinski definition) is 4. The van der Waals surface area contributed by atoms with Crippen molar-refractivity contribution in [3.63, 3.8) is 0 Å². The van der Waals surface area contributed by atoms with E-state index < -0.39 is 0 Å². The number of para-hydroxylation sites is 2. The van der Waals surface area contributed by atoms with Gasteiger partial charge in [0, 0.05) is 10.8 Å². The fraction of sp³-hybridized carbons (Fsp3) is 0.250. The van der Waals surface area contributed by atoms with Crippen LogP contribution in [0, 0.1) is 0 Å². The summed E-state index contributed by atoms with van der Waals surface area (Å²) in [5.41, 5.74) is 8.35. The third kappa shape index (κ3) is 6.35. The first-order valence-corrected chi connectivity index (χ1v) is 10.6. The minimum atomic E-state index is 0.160. The predicted octanol–water partition coefficient (Wildman–Crippen LogP) is 2.95. The Kier molecular flexibility index (Phi) is 7.96. The van der Waals surface area contributed by atoms with Crippen LogP contribution in [0.15, 0.2) is 60.7 Å². The SMILES string of the molecule is Oc1cccc2ccc(CNOCCOCCONCc3ccc4cccc(O)c4n3)nc12. The molecule has 0 aliphatic carbocycles. The number of aromatic hydroxyl groups is 2. The maximum atomic E-state index is 9.89. The fourth-order valence-corrected chi connectivity index (χ4v) is 3.24. The number of rotatable bonds is 12. The van der Waals surface area contributed by atoms with E-state index in [1.165, 1.54) is 0 Å². The van der Waals surface area contributed by atoms with Gasteiger partial charge >= 0.3 is 0 Å². The van der Waals surface area contributed by atoms with E-state index in [4.69, 9.17) is 14.4 Å². The number of hydroxylamine groups is 2. The molecule has 0 saturated heterocycles. The van der Waals surface area contributed by atoms with E-state index in [9.17, 15) is 10.2 Å². The third-order valence-corrected chi connectivity index (χ3v) is 4.88. The molecule has 0 unspecified atom stereocenters. The zero-order valence-electron chi connectivity index (χ0n) is 18.0. The van der Waals surface area contributed by atoms with Crippen molar-refractivity contribution in [2.75, 3.05) is 26.4 Å². The molecule has 9 heteroatoms. The predicted molar refractivity (Wildman–Crippen MR) is 123 cm³/mol. The van der Waals surface area contributed by atoms with Crippen LogP contribution in [-0.2, 0) is 27.5 Å². The molecule has 0 atom stereocenters. The highest BCUT2D eigenvalue weighted by Crippen LogP contribution is 2.23. The minimum absolute atomic E-state index is 0.160. The molecule has 4 rings (SSSR count). The molecule has 4 N–H and O–H groups in total. The second kappa shape index (κ2) is 11.5. The largest absolute Gasteiger partial charge is 0.506 e. The lowest BCUT2D eigenvalue weighted by molar-refractivity contribution is -0.0381. The van der Waals surface area contributed by atoms with Crippen LogP contribution in [0.1, 0.15) is 11.4 Å². The highest BCUT2D eigenvalue weighted by molar-refractivity contribution is 5.84. The highest BCUT2D eigenvalue weighted by Gasteiger charge is 2.04. The van der Waals surface area contributed by atoms with E-state index >= 15 is 0 Å². The molecule has 4 aromatic rings. The summed E-state index contributed by atoms with van der Waals surface area (Å²) >= 11 is 0. The number of benzene rings is 2. The number of nitrogens with one attached hydrogen (secondary N) is 2. The van der Waals surface area contributed by atoms with Gasteiger partial charge in [-0.2, -0.15) is 11.0 Å². The average Bonchev–Trinajstić information content (AvgIpc) is 2.83. The van der Waals surface area contributed by atoms with Crippen LogP contribution >= 0.6 is 0 Å².